The molecule has 16 heavy (non-hydrogen) atoms. The van der Waals surface area contributed by atoms with Gasteiger partial charge in [-0.1, -0.05) is 30.3 Å². The van der Waals surface area contributed by atoms with Crippen molar-refractivity contribution >= 4 is 6.29 Å². The number of hydrogen-bond acceptors (Lipinski definition) is 4. The van der Waals surface area contributed by atoms with Crippen molar-refractivity contribution in [2.45, 2.75) is 6.54 Å². The monoisotopic (exact) mass is 210 g/mol. The van der Waals surface area contributed by atoms with Crippen LogP contribution < -0.4 is 18.9 Å². The van der Waals surface area contributed by atoms with Crippen molar-refractivity contribution in [1.82, 2.24) is 14.8 Å². The van der Waals surface area contributed by atoms with Crippen molar-refractivity contribution in [3.63, 3.8) is 0 Å². The zero-order chi connectivity index (χ0) is 9.80. The molecule has 1 heterocycles. The first kappa shape index (κ1) is 14.6. The average Bonchev–Trinajstić information content (AvgIpc) is 2.67. The van der Waals surface area contributed by atoms with Gasteiger partial charge < -0.3 is 10.3 Å². The van der Waals surface area contributed by atoms with E-state index in [1.807, 2.05) is 30.3 Å². The molecule has 1 aromatic heterocycles. The minimum atomic E-state index is 0. The molecule has 1 N–H and O–H groups in total. The first-order valence-corrected chi connectivity index (χ1v) is 4.20. The number of nitrogens with zero attached hydrogens (tertiary/aromatic N) is 3. The maximum absolute atomic E-state index is 10.2. The Bertz CT molecular complexity index is 431. The summed E-state index contributed by atoms with van der Waals surface area (Å²) in [5.74, 6) is 0.0981. The van der Waals surface area contributed by atoms with Gasteiger partial charge in [-0.2, -0.15) is 11.4 Å². The molecule has 78 valence electrons. The molecule has 2 aromatic rings. The Morgan fingerprint density at radius 2 is 1.94 bits per heavy atom. The molecule has 5 nitrogen and oxygen atoms in total. The molecule has 0 unspecified atom stereocenters. The first-order chi connectivity index (χ1) is 6.88. The van der Waals surface area contributed by atoms with Gasteiger partial charge in [-0.3, -0.25) is 9.67 Å². The van der Waals surface area contributed by atoms with E-state index in [2.05, 4.69) is 10.1 Å². The number of aromatic nitrogens is 3. The summed E-state index contributed by atoms with van der Waals surface area (Å²) in [4.78, 5) is 14.0. The van der Waals surface area contributed by atoms with Gasteiger partial charge in [0.25, 0.3) is 0 Å². The molecular formula is C10H9LiN3O2-. The Hall–Kier alpha value is -1.41. The maximum Gasteiger partial charge on any atom is 1.00 e. The molecule has 6 heteroatoms. The summed E-state index contributed by atoms with van der Waals surface area (Å²) in [5, 5.41) is 3.91. The predicted octanol–water partition coefficient (Wildman–Crippen LogP) is -2.39. The molecular weight excluding hydrogens is 201 g/mol. The fourth-order valence-electron chi connectivity index (χ4n) is 1.19. The van der Waals surface area contributed by atoms with E-state index in [-0.39, 0.29) is 30.2 Å². The van der Waals surface area contributed by atoms with Gasteiger partial charge in [0.15, 0.2) is 0 Å². The van der Waals surface area contributed by atoms with E-state index in [1.165, 1.54) is 6.33 Å². The van der Waals surface area contributed by atoms with E-state index in [4.69, 9.17) is 0 Å². The van der Waals surface area contributed by atoms with Crippen LogP contribution in [-0.2, 0) is 11.3 Å². The Kier molecular flexibility index (Phi) is 6.35. The third-order valence-electron chi connectivity index (χ3n) is 1.82. The third kappa shape index (κ3) is 3.63. The Morgan fingerprint density at radius 1 is 1.25 bits per heavy atom. The Morgan fingerprint density at radius 3 is 2.50 bits per heavy atom. The molecule has 0 aliphatic heterocycles. The summed E-state index contributed by atoms with van der Waals surface area (Å²) < 4.78 is 1.61. The van der Waals surface area contributed by atoms with Crippen molar-refractivity contribution in [1.29, 1.82) is 0 Å². The normalized spacial score (nSPS) is 8.75. The van der Waals surface area contributed by atoms with Crippen LogP contribution in [0.15, 0.2) is 36.7 Å². The van der Waals surface area contributed by atoms with Gasteiger partial charge in [-0.15, -0.1) is 0 Å². The molecule has 0 aliphatic carbocycles. The van der Waals surface area contributed by atoms with Crippen LogP contribution in [0.2, 0.25) is 0 Å². The van der Waals surface area contributed by atoms with Crippen LogP contribution in [0, 0.1) is 0 Å². The quantitative estimate of drug-likeness (QED) is 0.418. The summed E-state index contributed by atoms with van der Waals surface area (Å²) >= 11 is 0. The zero-order valence-electron chi connectivity index (χ0n) is 8.87. The Balaban J connectivity index is 0.00000112. The van der Waals surface area contributed by atoms with Crippen LogP contribution in [0.3, 0.4) is 0 Å². The largest absolute Gasteiger partial charge is 1.00 e. The minimum Gasteiger partial charge on any atom is -0.870 e. The Labute approximate surface area is 105 Å². The van der Waals surface area contributed by atoms with E-state index in [0.717, 1.165) is 5.56 Å². The summed E-state index contributed by atoms with van der Waals surface area (Å²) in [6, 6.07) is 9.85. The number of hydrogen-bond donors (Lipinski definition) is 0. The zero-order valence-corrected chi connectivity index (χ0v) is 8.87. The van der Waals surface area contributed by atoms with Crippen molar-refractivity contribution in [2.24, 2.45) is 0 Å². The molecule has 0 bridgehead atoms. The van der Waals surface area contributed by atoms with Crippen LogP contribution in [0.4, 0.5) is 0 Å². The standard InChI is InChI=1S/C10H8N3O.Li.H2O/c14-7-10-11-8-13(12-10)6-9-4-2-1-3-5-9;;/h1-5,8H,6H2;;1H2/q-1;+1;/p-1. The van der Waals surface area contributed by atoms with Crippen molar-refractivity contribution < 1.29 is 29.1 Å². The van der Waals surface area contributed by atoms with Crippen LogP contribution in [-0.4, -0.2) is 26.5 Å². The topological polar surface area (TPSA) is 77.8 Å². The fraction of sp³-hybridized carbons (Fsp3) is 0.100. The number of benzene rings is 1. The van der Waals surface area contributed by atoms with Crippen molar-refractivity contribution in [3.8, 4) is 0 Å². The second-order valence-corrected chi connectivity index (χ2v) is 2.85. The van der Waals surface area contributed by atoms with Gasteiger partial charge in [0.05, 0.1) is 6.54 Å². The second-order valence-electron chi connectivity index (χ2n) is 2.85. The van der Waals surface area contributed by atoms with Crippen molar-refractivity contribution in [3.05, 3.63) is 48.0 Å². The van der Waals surface area contributed by atoms with Crippen LogP contribution in [0.25, 0.3) is 0 Å². The van der Waals surface area contributed by atoms with E-state index in [1.54, 1.807) is 11.0 Å². The van der Waals surface area contributed by atoms with Gasteiger partial charge in [-0.25, -0.2) is 0 Å². The van der Waals surface area contributed by atoms with Crippen LogP contribution in [0.1, 0.15) is 11.4 Å². The molecule has 0 radical (unpaired) electrons. The van der Waals surface area contributed by atoms with Crippen molar-refractivity contribution in [2.75, 3.05) is 0 Å². The van der Waals surface area contributed by atoms with Crippen LogP contribution in [0.5, 0.6) is 0 Å². The van der Waals surface area contributed by atoms with E-state index in [0.29, 0.717) is 6.54 Å². The number of rotatable bonds is 3. The van der Waals surface area contributed by atoms with E-state index >= 15 is 0 Å². The fourth-order valence-corrected chi connectivity index (χ4v) is 1.19. The third-order valence-corrected chi connectivity index (χ3v) is 1.82. The van der Waals surface area contributed by atoms with Gasteiger partial charge in [0.2, 0.25) is 0 Å². The number of carbonyl (C=O) groups excluding carboxylic acids is 1. The molecule has 0 saturated heterocycles. The van der Waals surface area contributed by atoms with Crippen LogP contribution >= 0.6 is 0 Å². The van der Waals surface area contributed by atoms with Gasteiger partial charge in [0, 0.05) is 5.82 Å². The molecule has 0 spiro atoms. The summed E-state index contributed by atoms with van der Waals surface area (Å²) in [6.07, 6.45) is 3.16. The molecule has 0 aliphatic rings. The summed E-state index contributed by atoms with van der Waals surface area (Å²) in [6.45, 7) is 0.621. The second kappa shape index (κ2) is 6.96. The molecule has 0 saturated carbocycles. The SMILES string of the molecule is O=[C-]c1ncn(Cc2ccccc2)n1.[Li+].[OH-]. The average molecular weight is 210 g/mol. The predicted molar refractivity (Wildman–Crippen MR) is 52.3 cm³/mol. The maximum atomic E-state index is 10.2. The van der Waals surface area contributed by atoms with E-state index < -0.39 is 0 Å². The smallest absolute Gasteiger partial charge is 0.870 e. The molecule has 0 fully saturated rings. The molecule has 1 aromatic carbocycles. The van der Waals surface area contributed by atoms with Gasteiger partial charge in [-0.05, 0) is 5.56 Å². The first-order valence-electron chi connectivity index (χ1n) is 4.20. The molecule has 0 atom stereocenters. The minimum absolute atomic E-state index is 0. The van der Waals surface area contributed by atoms with Gasteiger partial charge >= 0.3 is 18.9 Å². The molecule has 2 rings (SSSR count). The summed E-state index contributed by atoms with van der Waals surface area (Å²) in [7, 11) is 0. The van der Waals surface area contributed by atoms with Gasteiger partial charge in [0.1, 0.15) is 6.33 Å². The molecule has 0 amide bonds. The van der Waals surface area contributed by atoms with E-state index in [9.17, 15) is 4.79 Å². The summed E-state index contributed by atoms with van der Waals surface area (Å²) in [5.41, 5.74) is 1.12.